The Hall–Kier alpha value is -2.60. The largest absolute Gasteiger partial charge is 0.330 e. The van der Waals surface area contributed by atoms with Gasteiger partial charge in [0, 0.05) is 37.1 Å². The van der Waals surface area contributed by atoms with E-state index in [9.17, 15) is 14.4 Å². The summed E-state index contributed by atoms with van der Waals surface area (Å²) in [5, 5.41) is 3.25. The van der Waals surface area contributed by atoms with E-state index in [1.54, 1.807) is 25.1 Å². The van der Waals surface area contributed by atoms with E-state index in [-0.39, 0.29) is 5.56 Å². The maximum absolute atomic E-state index is 12.0. The average molecular weight is 334 g/mol. The average Bonchev–Trinajstić information content (AvgIpc) is 2.52. The van der Waals surface area contributed by atoms with Crippen LogP contribution in [0.1, 0.15) is 11.1 Å². The first-order valence-electron chi connectivity index (χ1n) is 6.82. The molecular weight excluding hydrogens is 318 g/mol. The van der Waals surface area contributed by atoms with Gasteiger partial charge in [-0.15, -0.1) is 0 Å². The number of nitrogens with zero attached hydrogens (tertiary/aromatic N) is 2. The van der Waals surface area contributed by atoms with Crippen molar-refractivity contribution in [1.29, 1.82) is 0 Å². The monoisotopic (exact) mass is 333 g/mol. The molecule has 0 saturated heterocycles. The number of anilines is 1. The van der Waals surface area contributed by atoms with Crippen molar-refractivity contribution in [3.63, 3.8) is 0 Å². The van der Waals surface area contributed by atoms with Crippen molar-refractivity contribution in [3.05, 3.63) is 67.5 Å². The van der Waals surface area contributed by atoms with Gasteiger partial charge in [0.15, 0.2) is 0 Å². The highest BCUT2D eigenvalue weighted by atomic mass is 35.5. The fourth-order valence-corrected chi connectivity index (χ4v) is 2.21. The molecule has 0 unspecified atom stereocenters. The van der Waals surface area contributed by atoms with Crippen LogP contribution in [0.4, 0.5) is 5.69 Å². The number of rotatable bonds is 3. The number of halogens is 1. The number of hydrogen-bond donors (Lipinski definition) is 1. The quantitative estimate of drug-likeness (QED) is 0.869. The van der Waals surface area contributed by atoms with Gasteiger partial charge in [0.1, 0.15) is 0 Å². The first-order chi connectivity index (χ1) is 10.8. The lowest BCUT2D eigenvalue weighted by atomic mass is 10.2. The number of amides is 1. The Labute approximate surface area is 137 Å². The van der Waals surface area contributed by atoms with E-state index in [4.69, 9.17) is 11.6 Å². The second kappa shape index (κ2) is 6.66. The molecule has 0 aliphatic heterocycles. The topological polar surface area (TPSA) is 73.1 Å². The predicted molar refractivity (Wildman–Crippen MR) is 90.8 cm³/mol. The molecular formula is C16H16ClN3O3. The molecule has 0 aliphatic carbocycles. The van der Waals surface area contributed by atoms with Crippen LogP contribution in [0, 0.1) is 6.92 Å². The van der Waals surface area contributed by atoms with Crippen molar-refractivity contribution in [2.45, 2.75) is 6.92 Å². The molecule has 1 N–H and O–H groups in total. The van der Waals surface area contributed by atoms with Crippen LogP contribution < -0.4 is 16.6 Å². The molecule has 1 aromatic heterocycles. The van der Waals surface area contributed by atoms with Crippen molar-refractivity contribution in [2.75, 3.05) is 5.32 Å². The summed E-state index contributed by atoms with van der Waals surface area (Å²) >= 11 is 5.99. The number of benzene rings is 1. The lowest BCUT2D eigenvalue weighted by Crippen LogP contribution is -2.37. The van der Waals surface area contributed by atoms with Gasteiger partial charge >= 0.3 is 5.69 Å². The smallest absolute Gasteiger partial charge is 0.322 e. The third kappa shape index (κ3) is 3.60. The van der Waals surface area contributed by atoms with E-state index in [0.717, 1.165) is 10.1 Å². The zero-order valence-electron chi connectivity index (χ0n) is 13.0. The molecule has 1 aromatic carbocycles. The SMILES string of the molecule is Cc1c(Cl)cccc1NC(=O)/C=C/c1cn(C)c(=O)n(C)c1=O. The van der Waals surface area contributed by atoms with Gasteiger partial charge in [-0.05, 0) is 30.7 Å². The van der Waals surface area contributed by atoms with Crippen LogP contribution in [0.25, 0.3) is 6.08 Å². The third-order valence-electron chi connectivity index (χ3n) is 3.41. The highest BCUT2D eigenvalue weighted by molar-refractivity contribution is 6.31. The van der Waals surface area contributed by atoms with Crippen molar-refractivity contribution < 1.29 is 4.79 Å². The van der Waals surface area contributed by atoms with Gasteiger partial charge in [-0.2, -0.15) is 0 Å². The Morgan fingerprint density at radius 2 is 1.96 bits per heavy atom. The van der Waals surface area contributed by atoms with Crippen LogP contribution in [-0.4, -0.2) is 15.0 Å². The Morgan fingerprint density at radius 1 is 1.26 bits per heavy atom. The van der Waals surface area contributed by atoms with E-state index in [1.165, 1.54) is 37.0 Å². The number of aryl methyl sites for hydroxylation is 1. The zero-order chi connectivity index (χ0) is 17.1. The lowest BCUT2D eigenvalue weighted by Gasteiger charge is -2.07. The van der Waals surface area contributed by atoms with Gasteiger partial charge in [0.25, 0.3) is 5.56 Å². The standard InChI is InChI=1S/C16H16ClN3O3/c1-10-12(17)5-4-6-13(10)18-14(21)8-7-11-9-19(2)16(23)20(3)15(11)22/h4-9H,1-3H3,(H,18,21)/b8-7+. The summed E-state index contributed by atoms with van der Waals surface area (Å²) in [6.45, 7) is 1.80. The summed E-state index contributed by atoms with van der Waals surface area (Å²) in [6.07, 6.45) is 4.00. The van der Waals surface area contributed by atoms with Gasteiger partial charge in [0.2, 0.25) is 5.91 Å². The third-order valence-corrected chi connectivity index (χ3v) is 3.82. The van der Waals surface area contributed by atoms with E-state index >= 15 is 0 Å². The lowest BCUT2D eigenvalue weighted by molar-refractivity contribution is -0.111. The van der Waals surface area contributed by atoms with Crippen LogP contribution >= 0.6 is 11.6 Å². The summed E-state index contributed by atoms with van der Waals surface area (Å²) in [4.78, 5) is 35.5. The van der Waals surface area contributed by atoms with Gasteiger partial charge < -0.3 is 9.88 Å². The number of nitrogens with one attached hydrogen (secondary N) is 1. The van der Waals surface area contributed by atoms with Crippen LogP contribution in [-0.2, 0) is 18.9 Å². The van der Waals surface area contributed by atoms with Crippen molar-refractivity contribution in [2.24, 2.45) is 14.1 Å². The summed E-state index contributed by atoms with van der Waals surface area (Å²) in [7, 11) is 2.92. The fraction of sp³-hybridized carbons (Fsp3) is 0.188. The van der Waals surface area contributed by atoms with E-state index in [2.05, 4.69) is 5.32 Å². The molecule has 0 radical (unpaired) electrons. The second-order valence-corrected chi connectivity index (χ2v) is 5.48. The van der Waals surface area contributed by atoms with Crippen LogP contribution in [0.3, 0.4) is 0 Å². The van der Waals surface area contributed by atoms with Crippen molar-refractivity contribution in [3.8, 4) is 0 Å². The summed E-state index contributed by atoms with van der Waals surface area (Å²) in [6, 6.07) is 5.20. The molecule has 0 aliphatic rings. The van der Waals surface area contributed by atoms with Gasteiger partial charge in [0.05, 0.1) is 5.56 Å². The second-order valence-electron chi connectivity index (χ2n) is 5.08. The molecule has 23 heavy (non-hydrogen) atoms. The highest BCUT2D eigenvalue weighted by Gasteiger charge is 2.06. The fourth-order valence-electron chi connectivity index (χ4n) is 2.03. The molecule has 0 saturated carbocycles. The molecule has 2 aromatic rings. The predicted octanol–water partition coefficient (Wildman–Crippen LogP) is 1.70. The molecule has 0 bridgehead atoms. The van der Waals surface area contributed by atoms with E-state index in [1.807, 2.05) is 0 Å². The molecule has 0 fully saturated rings. The van der Waals surface area contributed by atoms with Crippen LogP contribution in [0.2, 0.25) is 5.02 Å². The molecule has 7 heteroatoms. The summed E-state index contributed by atoms with van der Waals surface area (Å²) in [5.74, 6) is -0.397. The Balaban J connectivity index is 2.24. The summed E-state index contributed by atoms with van der Waals surface area (Å²) < 4.78 is 2.26. The first-order valence-corrected chi connectivity index (χ1v) is 7.20. The maximum Gasteiger partial charge on any atom is 0.330 e. The Morgan fingerprint density at radius 3 is 2.65 bits per heavy atom. The van der Waals surface area contributed by atoms with Gasteiger partial charge in [-0.3, -0.25) is 14.2 Å². The molecule has 2 rings (SSSR count). The summed E-state index contributed by atoms with van der Waals surface area (Å²) in [5.41, 5.74) is 0.712. The zero-order valence-corrected chi connectivity index (χ0v) is 13.7. The first kappa shape index (κ1) is 16.8. The van der Waals surface area contributed by atoms with Gasteiger partial charge in [-0.1, -0.05) is 17.7 Å². The Bertz CT molecular complexity index is 910. The number of aromatic nitrogens is 2. The van der Waals surface area contributed by atoms with Gasteiger partial charge in [-0.25, -0.2) is 4.79 Å². The molecule has 1 amide bonds. The van der Waals surface area contributed by atoms with E-state index in [0.29, 0.717) is 10.7 Å². The normalized spacial score (nSPS) is 11.0. The van der Waals surface area contributed by atoms with E-state index < -0.39 is 17.2 Å². The Kier molecular flexibility index (Phi) is 4.86. The minimum Gasteiger partial charge on any atom is -0.322 e. The molecule has 0 atom stereocenters. The molecule has 120 valence electrons. The molecule has 0 spiro atoms. The van der Waals surface area contributed by atoms with Crippen LogP contribution in [0.5, 0.6) is 0 Å². The molecule has 6 nitrogen and oxygen atoms in total. The minimum atomic E-state index is -0.462. The number of carbonyl (C=O) groups is 1. The molecule has 1 heterocycles. The maximum atomic E-state index is 12.0. The van der Waals surface area contributed by atoms with Crippen LogP contribution in [0.15, 0.2) is 40.1 Å². The minimum absolute atomic E-state index is 0.243. The van der Waals surface area contributed by atoms with Crippen molar-refractivity contribution in [1.82, 2.24) is 9.13 Å². The number of carbonyl (C=O) groups excluding carboxylic acids is 1. The number of hydrogen-bond acceptors (Lipinski definition) is 3. The highest BCUT2D eigenvalue weighted by Crippen LogP contribution is 2.22. The van der Waals surface area contributed by atoms with Crippen molar-refractivity contribution >= 4 is 29.3 Å².